The van der Waals surface area contributed by atoms with Crippen LogP contribution in [0.3, 0.4) is 0 Å². The molecule has 122 valence electrons. The summed E-state index contributed by atoms with van der Waals surface area (Å²) in [5, 5.41) is 12.7. The molecule has 0 radical (unpaired) electrons. The van der Waals surface area contributed by atoms with Crippen LogP contribution in [0.4, 0.5) is 13.2 Å². The first-order chi connectivity index (χ1) is 11.3. The van der Waals surface area contributed by atoms with Crippen molar-refractivity contribution in [2.75, 3.05) is 0 Å². The molecule has 8 heteroatoms. The molecule has 0 bridgehead atoms. The monoisotopic (exact) mass is 334 g/mol. The smallest absolute Gasteiger partial charge is 0.416 e. The zero-order valence-corrected chi connectivity index (χ0v) is 11.9. The minimum absolute atomic E-state index is 0.0572. The van der Waals surface area contributed by atoms with E-state index in [0.717, 1.165) is 12.1 Å². The summed E-state index contributed by atoms with van der Waals surface area (Å²) in [4.78, 5) is 15.1. The summed E-state index contributed by atoms with van der Waals surface area (Å²) in [6, 6.07) is 10.2. The second-order valence-electron chi connectivity index (χ2n) is 4.88. The van der Waals surface area contributed by atoms with E-state index in [0.29, 0.717) is 11.1 Å². The highest BCUT2D eigenvalue weighted by Crippen LogP contribution is 2.31. The predicted octanol–water partition coefficient (Wildman–Crippen LogP) is 4.12. The molecule has 1 heterocycles. The summed E-state index contributed by atoms with van der Waals surface area (Å²) in [6.07, 6.45) is -4.42. The number of benzene rings is 2. The van der Waals surface area contributed by atoms with E-state index >= 15 is 0 Å². The Morgan fingerprint density at radius 2 is 1.75 bits per heavy atom. The van der Waals surface area contributed by atoms with Crippen molar-refractivity contribution in [1.29, 1.82) is 0 Å². The average Bonchev–Trinajstić information content (AvgIpc) is 3.04. The molecule has 5 nitrogen and oxygen atoms in total. The van der Waals surface area contributed by atoms with Crippen LogP contribution in [-0.4, -0.2) is 21.2 Å². The van der Waals surface area contributed by atoms with Crippen molar-refractivity contribution in [3.8, 4) is 22.8 Å². The van der Waals surface area contributed by atoms with Gasteiger partial charge in [-0.15, -0.1) is 0 Å². The summed E-state index contributed by atoms with van der Waals surface area (Å²) in [5.74, 6) is -0.910. The molecule has 1 aromatic heterocycles. The molecule has 24 heavy (non-hydrogen) atoms. The maximum Gasteiger partial charge on any atom is 0.416 e. The van der Waals surface area contributed by atoms with Crippen LogP contribution < -0.4 is 0 Å². The average molecular weight is 334 g/mol. The van der Waals surface area contributed by atoms with Crippen molar-refractivity contribution >= 4 is 5.97 Å². The summed E-state index contributed by atoms with van der Waals surface area (Å²) in [7, 11) is 0. The number of carboxylic acid groups (broad SMARTS) is 1. The Kier molecular flexibility index (Phi) is 3.80. The lowest BCUT2D eigenvalue weighted by Crippen LogP contribution is -2.04. The molecule has 0 saturated carbocycles. The summed E-state index contributed by atoms with van der Waals surface area (Å²) < 4.78 is 42.7. The van der Waals surface area contributed by atoms with E-state index in [9.17, 15) is 18.0 Å². The van der Waals surface area contributed by atoms with Gasteiger partial charge in [-0.1, -0.05) is 23.4 Å². The molecular formula is C16H9F3N2O3. The van der Waals surface area contributed by atoms with Crippen LogP contribution in [0, 0.1) is 0 Å². The van der Waals surface area contributed by atoms with Gasteiger partial charge >= 0.3 is 12.1 Å². The van der Waals surface area contributed by atoms with Gasteiger partial charge in [0.05, 0.1) is 11.1 Å². The van der Waals surface area contributed by atoms with E-state index in [2.05, 4.69) is 10.1 Å². The number of rotatable bonds is 3. The normalized spacial score (nSPS) is 11.5. The van der Waals surface area contributed by atoms with Gasteiger partial charge in [-0.25, -0.2) is 4.79 Å². The van der Waals surface area contributed by atoms with Gasteiger partial charge in [0.2, 0.25) is 5.82 Å². The molecule has 2 aromatic carbocycles. The van der Waals surface area contributed by atoms with Crippen LogP contribution in [0.1, 0.15) is 15.9 Å². The van der Waals surface area contributed by atoms with Gasteiger partial charge in [0.1, 0.15) is 0 Å². The number of halogens is 3. The number of carboxylic acids is 1. The first kappa shape index (κ1) is 15.7. The van der Waals surface area contributed by atoms with Gasteiger partial charge in [-0.05, 0) is 30.3 Å². The van der Waals surface area contributed by atoms with E-state index in [1.54, 1.807) is 6.07 Å². The Bertz CT molecular complexity index is 886. The molecule has 1 N–H and O–H groups in total. The van der Waals surface area contributed by atoms with Crippen molar-refractivity contribution in [1.82, 2.24) is 10.1 Å². The number of aromatic nitrogens is 2. The lowest BCUT2D eigenvalue weighted by molar-refractivity contribution is -0.137. The first-order valence-corrected chi connectivity index (χ1v) is 6.69. The predicted molar refractivity (Wildman–Crippen MR) is 77.1 cm³/mol. The quantitative estimate of drug-likeness (QED) is 0.780. The molecular weight excluding hydrogens is 325 g/mol. The molecule has 3 rings (SSSR count). The Labute approximate surface area is 133 Å². The van der Waals surface area contributed by atoms with Gasteiger partial charge in [-0.3, -0.25) is 0 Å². The maximum absolute atomic E-state index is 12.6. The second kappa shape index (κ2) is 5.80. The van der Waals surface area contributed by atoms with Crippen molar-refractivity contribution in [3.05, 3.63) is 59.7 Å². The highest BCUT2D eigenvalue weighted by Gasteiger charge is 2.30. The third kappa shape index (κ3) is 3.12. The second-order valence-corrected chi connectivity index (χ2v) is 4.88. The van der Waals surface area contributed by atoms with E-state index in [1.165, 1.54) is 30.3 Å². The Morgan fingerprint density at radius 3 is 2.38 bits per heavy atom. The zero-order valence-electron chi connectivity index (χ0n) is 11.9. The molecule has 0 aliphatic carbocycles. The third-order valence-corrected chi connectivity index (χ3v) is 3.25. The summed E-state index contributed by atoms with van der Waals surface area (Å²) >= 11 is 0. The van der Waals surface area contributed by atoms with E-state index in [1.807, 2.05) is 0 Å². The Hall–Kier alpha value is -3.16. The Balaban J connectivity index is 1.91. The molecule has 0 spiro atoms. The number of nitrogens with zero attached hydrogens (tertiary/aromatic N) is 2. The fraction of sp³-hybridized carbons (Fsp3) is 0.0625. The number of aromatic carboxylic acids is 1. The van der Waals surface area contributed by atoms with Crippen LogP contribution in [0.15, 0.2) is 53.1 Å². The highest BCUT2D eigenvalue weighted by atomic mass is 19.4. The van der Waals surface area contributed by atoms with Gasteiger partial charge in [0, 0.05) is 11.1 Å². The third-order valence-electron chi connectivity index (χ3n) is 3.25. The molecule has 0 aliphatic heterocycles. The van der Waals surface area contributed by atoms with Crippen molar-refractivity contribution in [3.63, 3.8) is 0 Å². The largest absolute Gasteiger partial charge is 0.478 e. The molecule has 0 fully saturated rings. The lowest BCUT2D eigenvalue weighted by atomic mass is 10.1. The maximum atomic E-state index is 12.6. The van der Waals surface area contributed by atoms with Crippen LogP contribution in [0.5, 0.6) is 0 Å². The van der Waals surface area contributed by atoms with Gasteiger partial charge in [0.15, 0.2) is 0 Å². The van der Waals surface area contributed by atoms with E-state index < -0.39 is 17.7 Å². The molecule has 0 aliphatic rings. The van der Waals surface area contributed by atoms with Crippen LogP contribution in [-0.2, 0) is 6.18 Å². The van der Waals surface area contributed by atoms with Crippen molar-refractivity contribution in [2.24, 2.45) is 0 Å². The van der Waals surface area contributed by atoms with E-state index in [-0.39, 0.29) is 17.3 Å². The minimum atomic E-state index is -4.42. The minimum Gasteiger partial charge on any atom is -0.478 e. The molecule has 0 atom stereocenters. The van der Waals surface area contributed by atoms with E-state index in [4.69, 9.17) is 9.63 Å². The summed E-state index contributed by atoms with van der Waals surface area (Å²) in [6.45, 7) is 0. The zero-order chi connectivity index (χ0) is 17.3. The Morgan fingerprint density at radius 1 is 1.04 bits per heavy atom. The van der Waals surface area contributed by atoms with Gasteiger partial charge in [-0.2, -0.15) is 18.2 Å². The number of carbonyl (C=O) groups is 1. The van der Waals surface area contributed by atoms with Crippen LogP contribution in [0.2, 0.25) is 0 Å². The highest BCUT2D eigenvalue weighted by molar-refractivity contribution is 5.89. The van der Waals surface area contributed by atoms with Crippen LogP contribution in [0.25, 0.3) is 22.8 Å². The lowest BCUT2D eigenvalue weighted by Gasteiger charge is -2.05. The standard InChI is InChI=1S/C16H9F3N2O3/c17-16(18,19)12-6-4-9(5-7-12)13-20-14(24-21-13)10-2-1-3-11(8-10)15(22)23/h1-8H,(H,22,23). The SMILES string of the molecule is O=C(O)c1cccc(-c2nc(-c3ccc(C(F)(F)F)cc3)no2)c1. The van der Waals surface area contributed by atoms with Crippen molar-refractivity contribution in [2.45, 2.75) is 6.18 Å². The van der Waals surface area contributed by atoms with Crippen molar-refractivity contribution < 1.29 is 27.6 Å². The van der Waals surface area contributed by atoms with Gasteiger partial charge < -0.3 is 9.63 Å². The van der Waals surface area contributed by atoms with Crippen LogP contribution >= 0.6 is 0 Å². The number of hydrogen-bond donors (Lipinski definition) is 1. The number of alkyl halides is 3. The van der Waals surface area contributed by atoms with Gasteiger partial charge in [0.25, 0.3) is 5.89 Å². The molecule has 0 saturated heterocycles. The number of hydrogen-bond acceptors (Lipinski definition) is 4. The molecule has 0 amide bonds. The molecule has 0 unspecified atom stereocenters. The molecule has 3 aromatic rings. The fourth-order valence-corrected chi connectivity index (χ4v) is 2.05. The topological polar surface area (TPSA) is 76.2 Å². The summed E-state index contributed by atoms with van der Waals surface area (Å²) in [5.41, 5.74) is 0.0406. The fourth-order valence-electron chi connectivity index (χ4n) is 2.05. The first-order valence-electron chi connectivity index (χ1n) is 6.69.